The Morgan fingerprint density at radius 1 is 1.17 bits per heavy atom. The molecule has 1 fully saturated rings. The molecule has 136 valence electrons. The van der Waals surface area contributed by atoms with E-state index in [1.54, 1.807) is 7.11 Å². The number of rotatable bonds is 8. The molecule has 4 heteroatoms. The van der Waals surface area contributed by atoms with E-state index < -0.39 is 0 Å². The Morgan fingerprint density at radius 2 is 1.88 bits per heavy atom. The Morgan fingerprint density at radius 3 is 2.46 bits per heavy atom. The van der Waals surface area contributed by atoms with Crippen LogP contribution >= 0.6 is 11.8 Å². The lowest BCUT2D eigenvalue weighted by atomic mass is 10.1. The zero-order valence-electron chi connectivity index (χ0n) is 16.0. The maximum atomic E-state index is 5.61. The molecule has 0 spiro atoms. The number of methoxy groups -OCH3 is 1. The van der Waals surface area contributed by atoms with Gasteiger partial charge in [0.2, 0.25) is 0 Å². The Bertz CT molecular complexity index is 498. The highest BCUT2D eigenvalue weighted by atomic mass is 32.2. The van der Waals surface area contributed by atoms with Crippen LogP contribution in [0.15, 0.2) is 18.2 Å². The van der Waals surface area contributed by atoms with E-state index in [9.17, 15) is 0 Å². The molecule has 0 amide bonds. The summed E-state index contributed by atoms with van der Waals surface area (Å²) in [7, 11) is 1.78. The van der Waals surface area contributed by atoms with Gasteiger partial charge in [0.15, 0.2) is 0 Å². The first kappa shape index (κ1) is 19.6. The first-order valence-electron chi connectivity index (χ1n) is 9.19. The summed E-state index contributed by atoms with van der Waals surface area (Å²) < 4.78 is 5.61. The van der Waals surface area contributed by atoms with Crippen LogP contribution in [0.4, 0.5) is 0 Å². The van der Waals surface area contributed by atoms with Crippen molar-refractivity contribution in [3.05, 3.63) is 29.3 Å². The zero-order chi connectivity index (χ0) is 17.5. The molecule has 0 atom stereocenters. The van der Waals surface area contributed by atoms with Crippen molar-refractivity contribution >= 4 is 11.8 Å². The third-order valence-electron chi connectivity index (χ3n) is 4.56. The SMILES string of the molecule is COc1ccc(CN(CC(C)C)C(C)C)cc1CN1CCSCC1. The first-order valence-corrected chi connectivity index (χ1v) is 10.3. The fourth-order valence-electron chi connectivity index (χ4n) is 3.22. The van der Waals surface area contributed by atoms with Gasteiger partial charge in [-0.05, 0) is 37.5 Å². The van der Waals surface area contributed by atoms with Crippen molar-refractivity contribution in [2.75, 3.05) is 38.2 Å². The molecule has 1 aliphatic heterocycles. The number of hydrogen-bond donors (Lipinski definition) is 0. The van der Waals surface area contributed by atoms with Crippen LogP contribution in [0, 0.1) is 5.92 Å². The normalized spacial score (nSPS) is 16.3. The summed E-state index contributed by atoms with van der Waals surface area (Å²) in [6, 6.07) is 7.30. The smallest absolute Gasteiger partial charge is 0.123 e. The predicted octanol–water partition coefficient (Wildman–Crippen LogP) is 4.11. The molecule has 0 radical (unpaired) electrons. The number of ether oxygens (including phenoxy) is 1. The highest BCUT2D eigenvalue weighted by Crippen LogP contribution is 2.24. The second kappa shape index (κ2) is 9.69. The lowest BCUT2D eigenvalue weighted by Crippen LogP contribution is -2.34. The van der Waals surface area contributed by atoms with Gasteiger partial charge >= 0.3 is 0 Å². The summed E-state index contributed by atoms with van der Waals surface area (Å²) in [5.74, 6) is 4.21. The summed E-state index contributed by atoms with van der Waals surface area (Å²) >= 11 is 2.06. The first-order chi connectivity index (χ1) is 11.5. The maximum absolute atomic E-state index is 5.61. The summed E-state index contributed by atoms with van der Waals surface area (Å²) in [5, 5.41) is 0. The maximum Gasteiger partial charge on any atom is 0.123 e. The molecule has 0 aromatic heterocycles. The van der Waals surface area contributed by atoms with Crippen molar-refractivity contribution in [2.24, 2.45) is 5.92 Å². The number of hydrogen-bond acceptors (Lipinski definition) is 4. The molecule has 0 N–H and O–H groups in total. The average molecular weight is 351 g/mol. The number of nitrogens with zero attached hydrogens (tertiary/aromatic N) is 2. The van der Waals surface area contributed by atoms with Crippen molar-refractivity contribution in [1.29, 1.82) is 0 Å². The minimum absolute atomic E-state index is 0.567. The molecule has 24 heavy (non-hydrogen) atoms. The largest absolute Gasteiger partial charge is 0.496 e. The van der Waals surface area contributed by atoms with E-state index in [1.165, 1.54) is 35.7 Å². The fourth-order valence-corrected chi connectivity index (χ4v) is 4.19. The fraction of sp³-hybridized carbons (Fsp3) is 0.700. The van der Waals surface area contributed by atoms with Crippen molar-refractivity contribution in [1.82, 2.24) is 9.80 Å². The van der Waals surface area contributed by atoms with Crippen molar-refractivity contribution in [3.63, 3.8) is 0 Å². The minimum Gasteiger partial charge on any atom is -0.496 e. The van der Waals surface area contributed by atoms with E-state index in [-0.39, 0.29) is 0 Å². The molecular formula is C20H34N2OS. The van der Waals surface area contributed by atoms with Crippen LogP contribution < -0.4 is 4.74 Å². The Balaban J connectivity index is 2.11. The molecule has 0 aliphatic carbocycles. The number of benzene rings is 1. The van der Waals surface area contributed by atoms with Crippen LogP contribution in [0.25, 0.3) is 0 Å². The van der Waals surface area contributed by atoms with E-state index in [0.717, 1.165) is 25.4 Å². The second-order valence-corrected chi connectivity index (χ2v) is 8.68. The van der Waals surface area contributed by atoms with Gasteiger partial charge < -0.3 is 4.74 Å². The molecule has 0 bridgehead atoms. The van der Waals surface area contributed by atoms with Crippen LogP contribution in [0.5, 0.6) is 5.75 Å². The van der Waals surface area contributed by atoms with Gasteiger partial charge in [0.25, 0.3) is 0 Å². The van der Waals surface area contributed by atoms with E-state index in [1.807, 2.05) is 0 Å². The average Bonchev–Trinajstić information content (AvgIpc) is 2.55. The van der Waals surface area contributed by atoms with Crippen molar-refractivity contribution < 1.29 is 4.74 Å². The zero-order valence-corrected chi connectivity index (χ0v) is 16.9. The van der Waals surface area contributed by atoms with Gasteiger partial charge in [-0.2, -0.15) is 11.8 Å². The molecule has 0 saturated carbocycles. The minimum atomic E-state index is 0.567. The van der Waals surface area contributed by atoms with Crippen molar-refractivity contribution in [2.45, 2.75) is 46.8 Å². The molecule has 1 aromatic carbocycles. The van der Waals surface area contributed by atoms with Crippen LogP contribution in [0.1, 0.15) is 38.8 Å². The van der Waals surface area contributed by atoms with E-state index in [2.05, 4.69) is 67.5 Å². The highest BCUT2D eigenvalue weighted by molar-refractivity contribution is 7.99. The Hall–Kier alpha value is -0.710. The molecule has 1 saturated heterocycles. The van der Waals surface area contributed by atoms with Gasteiger partial charge in [0.1, 0.15) is 5.75 Å². The summed E-state index contributed by atoms with van der Waals surface area (Å²) in [6.07, 6.45) is 0. The van der Waals surface area contributed by atoms with Gasteiger partial charge in [-0.1, -0.05) is 19.9 Å². The standard InChI is InChI=1S/C20H34N2OS/c1-16(2)13-22(17(3)4)14-18-6-7-20(23-5)19(12-18)15-21-8-10-24-11-9-21/h6-7,12,16-17H,8-11,13-15H2,1-5H3. The number of thioether (sulfide) groups is 1. The van der Waals surface area contributed by atoms with Gasteiger partial charge in [-0.25, -0.2) is 0 Å². The van der Waals surface area contributed by atoms with Gasteiger partial charge in [0.05, 0.1) is 7.11 Å². The van der Waals surface area contributed by atoms with Crippen LogP contribution in [-0.2, 0) is 13.1 Å². The predicted molar refractivity (Wildman–Crippen MR) is 106 cm³/mol. The molecular weight excluding hydrogens is 316 g/mol. The Kier molecular flexibility index (Phi) is 7.92. The molecule has 2 rings (SSSR count). The van der Waals surface area contributed by atoms with Crippen LogP contribution in [0.2, 0.25) is 0 Å². The third-order valence-corrected chi connectivity index (χ3v) is 5.50. The van der Waals surface area contributed by atoms with Gasteiger partial charge in [-0.3, -0.25) is 9.80 Å². The summed E-state index contributed by atoms with van der Waals surface area (Å²) in [6.45, 7) is 14.7. The van der Waals surface area contributed by atoms with E-state index in [0.29, 0.717) is 12.0 Å². The topological polar surface area (TPSA) is 15.7 Å². The van der Waals surface area contributed by atoms with Gasteiger partial charge in [-0.15, -0.1) is 0 Å². The molecule has 1 aliphatic rings. The molecule has 0 unspecified atom stereocenters. The second-order valence-electron chi connectivity index (χ2n) is 7.45. The molecule has 1 aromatic rings. The quantitative estimate of drug-likeness (QED) is 0.701. The highest BCUT2D eigenvalue weighted by Gasteiger charge is 2.16. The van der Waals surface area contributed by atoms with Crippen LogP contribution in [0.3, 0.4) is 0 Å². The lowest BCUT2D eigenvalue weighted by Gasteiger charge is -2.29. The van der Waals surface area contributed by atoms with E-state index >= 15 is 0 Å². The summed E-state index contributed by atoms with van der Waals surface area (Å²) in [5.41, 5.74) is 2.72. The monoisotopic (exact) mass is 350 g/mol. The van der Waals surface area contributed by atoms with Crippen LogP contribution in [-0.4, -0.2) is 54.1 Å². The van der Waals surface area contributed by atoms with Gasteiger partial charge in [0, 0.05) is 55.8 Å². The molecule has 1 heterocycles. The molecule has 3 nitrogen and oxygen atoms in total. The Labute approximate surface area is 152 Å². The van der Waals surface area contributed by atoms with E-state index in [4.69, 9.17) is 4.74 Å². The van der Waals surface area contributed by atoms with Crippen molar-refractivity contribution in [3.8, 4) is 5.75 Å². The third kappa shape index (κ3) is 5.98. The lowest BCUT2D eigenvalue weighted by molar-refractivity contribution is 0.189. The summed E-state index contributed by atoms with van der Waals surface area (Å²) in [4.78, 5) is 5.11.